The normalized spacial score (nSPS) is 25.2. The summed E-state index contributed by atoms with van der Waals surface area (Å²) in [5.74, 6) is 1.52. The van der Waals surface area contributed by atoms with E-state index in [4.69, 9.17) is 32.7 Å². The number of nitrogens with zero attached hydrogens (tertiary/aromatic N) is 1. The van der Waals surface area contributed by atoms with Gasteiger partial charge in [-0.15, -0.1) is 11.6 Å². The predicted molar refractivity (Wildman–Crippen MR) is 161 cm³/mol. The SMILES string of the molecule is COC(=O)c1ccc2c(c1)N(C[C@@H]1CC[C@H]1[C@@H](O)/C=C(\Br)CCCCl)CC1(CCCc3cc(Cl)ccc31)CO2. The number of aliphatic hydroxyl groups is 1. The number of carbonyl (C=O) groups excluding carboxylic acids is 1. The molecule has 8 heteroatoms. The number of esters is 1. The van der Waals surface area contributed by atoms with E-state index in [1.165, 1.54) is 18.2 Å². The van der Waals surface area contributed by atoms with Crippen molar-refractivity contribution in [2.45, 2.75) is 56.5 Å². The van der Waals surface area contributed by atoms with Crippen LogP contribution in [0.15, 0.2) is 47.0 Å². The van der Waals surface area contributed by atoms with Gasteiger partial charge in [-0.25, -0.2) is 4.79 Å². The van der Waals surface area contributed by atoms with Crippen molar-refractivity contribution in [2.24, 2.45) is 11.8 Å². The molecule has 1 heterocycles. The smallest absolute Gasteiger partial charge is 0.337 e. The molecule has 0 amide bonds. The molecule has 2 aliphatic carbocycles. The molecule has 3 aliphatic rings. The third-order valence-corrected chi connectivity index (χ3v) is 9.89. The van der Waals surface area contributed by atoms with Crippen LogP contribution in [-0.4, -0.2) is 49.9 Å². The van der Waals surface area contributed by atoms with E-state index in [0.717, 1.165) is 79.0 Å². The number of allylic oxidation sites excluding steroid dienone is 1. The number of rotatable bonds is 8. The first-order valence-corrected chi connectivity index (χ1v) is 15.5. The minimum absolute atomic E-state index is 0.179. The minimum Gasteiger partial charge on any atom is -0.490 e. The van der Waals surface area contributed by atoms with E-state index in [2.05, 4.69) is 33.0 Å². The number of alkyl halides is 1. The van der Waals surface area contributed by atoms with Gasteiger partial charge in [-0.3, -0.25) is 0 Å². The van der Waals surface area contributed by atoms with Crippen molar-refractivity contribution >= 4 is 50.8 Å². The van der Waals surface area contributed by atoms with Gasteiger partial charge in [0.15, 0.2) is 0 Å². The van der Waals surface area contributed by atoms with Gasteiger partial charge in [0, 0.05) is 29.4 Å². The summed E-state index contributed by atoms with van der Waals surface area (Å²) in [6.07, 6.45) is 8.28. The van der Waals surface area contributed by atoms with Crippen LogP contribution in [0.2, 0.25) is 5.02 Å². The highest BCUT2D eigenvalue weighted by Gasteiger charge is 2.44. The van der Waals surface area contributed by atoms with Gasteiger partial charge in [-0.2, -0.15) is 0 Å². The number of hydrogen-bond donors (Lipinski definition) is 1. The number of aliphatic hydroxyl groups excluding tert-OH is 1. The Morgan fingerprint density at radius 3 is 2.90 bits per heavy atom. The summed E-state index contributed by atoms with van der Waals surface area (Å²) in [5, 5.41) is 11.8. The number of carbonyl (C=O) groups is 1. The number of benzene rings is 2. The summed E-state index contributed by atoms with van der Waals surface area (Å²) in [6, 6.07) is 11.8. The average Bonchev–Trinajstić information content (AvgIpc) is 3.06. The predicted octanol–water partition coefficient (Wildman–Crippen LogP) is 7.28. The van der Waals surface area contributed by atoms with Crippen molar-refractivity contribution in [3.05, 3.63) is 68.7 Å². The lowest BCUT2D eigenvalue weighted by molar-refractivity contribution is 0.0455. The van der Waals surface area contributed by atoms with Crippen molar-refractivity contribution in [2.75, 3.05) is 37.6 Å². The molecule has 0 radical (unpaired) electrons. The number of methoxy groups -OCH3 is 1. The number of aryl methyl sites for hydroxylation is 1. The van der Waals surface area contributed by atoms with Crippen LogP contribution in [-0.2, 0) is 16.6 Å². The maximum absolute atomic E-state index is 12.4. The van der Waals surface area contributed by atoms with E-state index in [1.807, 2.05) is 24.3 Å². The molecule has 0 bridgehead atoms. The quantitative estimate of drug-likeness (QED) is 0.244. The molecule has 0 saturated heterocycles. The zero-order valence-corrected chi connectivity index (χ0v) is 25.4. The molecule has 1 unspecified atom stereocenters. The first-order chi connectivity index (χ1) is 18.8. The fourth-order valence-corrected chi connectivity index (χ4v) is 7.42. The third kappa shape index (κ3) is 6.14. The highest BCUT2D eigenvalue weighted by Crippen LogP contribution is 2.46. The van der Waals surface area contributed by atoms with Crippen LogP contribution >= 0.6 is 39.1 Å². The van der Waals surface area contributed by atoms with Crippen LogP contribution in [0.1, 0.15) is 60.0 Å². The van der Waals surface area contributed by atoms with Crippen molar-refractivity contribution in [1.29, 1.82) is 0 Å². The van der Waals surface area contributed by atoms with Gasteiger partial charge in [-0.1, -0.05) is 33.6 Å². The second-order valence-corrected chi connectivity index (χ2v) is 13.0. The number of ether oxygens (including phenoxy) is 2. The minimum atomic E-state index is -0.510. The molecular formula is C31H36BrCl2NO4. The topological polar surface area (TPSA) is 59.0 Å². The largest absolute Gasteiger partial charge is 0.490 e. The molecular weight excluding hydrogens is 601 g/mol. The molecule has 1 aliphatic heterocycles. The Morgan fingerprint density at radius 1 is 1.31 bits per heavy atom. The van der Waals surface area contributed by atoms with Gasteiger partial charge in [-0.05, 0) is 109 Å². The van der Waals surface area contributed by atoms with Crippen LogP contribution in [0.3, 0.4) is 0 Å². The molecule has 1 fully saturated rings. The van der Waals surface area contributed by atoms with Crippen molar-refractivity contribution in [3.63, 3.8) is 0 Å². The Kier molecular flexibility index (Phi) is 9.17. The lowest BCUT2D eigenvalue weighted by atomic mass is 9.68. The van der Waals surface area contributed by atoms with Crippen molar-refractivity contribution in [1.82, 2.24) is 0 Å². The molecule has 5 rings (SSSR count). The second-order valence-electron chi connectivity index (χ2n) is 11.2. The lowest BCUT2D eigenvalue weighted by Gasteiger charge is -2.45. The first kappa shape index (κ1) is 28.8. The summed E-state index contributed by atoms with van der Waals surface area (Å²) in [5.41, 5.74) is 3.83. The molecule has 1 saturated carbocycles. The Balaban J connectivity index is 1.46. The van der Waals surface area contributed by atoms with E-state index >= 15 is 0 Å². The summed E-state index contributed by atoms with van der Waals surface area (Å²) >= 11 is 15.8. The Labute approximate surface area is 249 Å². The summed E-state index contributed by atoms with van der Waals surface area (Å²) in [7, 11) is 1.40. The van der Waals surface area contributed by atoms with Crippen LogP contribution in [0, 0.1) is 11.8 Å². The van der Waals surface area contributed by atoms with Gasteiger partial charge in [0.1, 0.15) is 5.75 Å². The van der Waals surface area contributed by atoms with Gasteiger partial charge in [0.05, 0.1) is 31.1 Å². The molecule has 1 spiro atoms. The second kappa shape index (κ2) is 12.4. The lowest BCUT2D eigenvalue weighted by Crippen LogP contribution is -2.49. The number of halogens is 3. The summed E-state index contributed by atoms with van der Waals surface area (Å²) in [4.78, 5) is 14.8. The number of anilines is 1. The standard InChI is InChI=1S/C31H36BrCl2NO4/c1-38-30(37)21-7-11-29-27(15-21)35(17-22-6-9-25(22)28(36)16-23(32)5-3-13-33)18-31(19-39-29)12-2-4-20-14-24(34)8-10-26(20)31/h7-8,10-11,14-16,22,25,28,36H,2-6,9,12-13,17-19H2,1H3/b23-16-/t22-,25+,28-,31?/m0/s1. The van der Waals surface area contributed by atoms with E-state index < -0.39 is 6.10 Å². The fourth-order valence-electron chi connectivity index (χ4n) is 6.54. The maximum Gasteiger partial charge on any atom is 0.337 e. The monoisotopic (exact) mass is 635 g/mol. The number of hydrogen-bond acceptors (Lipinski definition) is 5. The Bertz CT molecular complexity index is 1240. The summed E-state index contributed by atoms with van der Waals surface area (Å²) < 4.78 is 12.6. The van der Waals surface area contributed by atoms with Crippen LogP contribution < -0.4 is 9.64 Å². The van der Waals surface area contributed by atoms with Gasteiger partial charge in [0.2, 0.25) is 0 Å². The molecule has 4 atom stereocenters. The molecule has 39 heavy (non-hydrogen) atoms. The molecule has 2 aromatic carbocycles. The van der Waals surface area contributed by atoms with Gasteiger partial charge < -0.3 is 19.5 Å². The van der Waals surface area contributed by atoms with Crippen molar-refractivity contribution < 1.29 is 19.4 Å². The average molecular weight is 637 g/mol. The van der Waals surface area contributed by atoms with E-state index in [1.54, 1.807) is 6.07 Å². The molecule has 5 nitrogen and oxygen atoms in total. The van der Waals surface area contributed by atoms with Gasteiger partial charge >= 0.3 is 5.97 Å². The Morgan fingerprint density at radius 2 is 2.15 bits per heavy atom. The molecule has 2 aromatic rings. The van der Waals surface area contributed by atoms with E-state index in [-0.39, 0.29) is 17.3 Å². The maximum atomic E-state index is 12.4. The van der Waals surface area contributed by atoms with Crippen LogP contribution in [0.5, 0.6) is 5.75 Å². The van der Waals surface area contributed by atoms with Crippen LogP contribution in [0.25, 0.3) is 0 Å². The zero-order chi connectivity index (χ0) is 27.6. The molecule has 0 aromatic heterocycles. The third-order valence-electron chi connectivity index (χ3n) is 8.73. The van der Waals surface area contributed by atoms with E-state index in [0.29, 0.717) is 24.0 Å². The summed E-state index contributed by atoms with van der Waals surface area (Å²) in [6.45, 7) is 2.12. The molecule has 210 valence electrons. The van der Waals surface area contributed by atoms with Crippen LogP contribution in [0.4, 0.5) is 5.69 Å². The Hall–Kier alpha value is -1.73. The van der Waals surface area contributed by atoms with E-state index in [9.17, 15) is 9.90 Å². The highest BCUT2D eigenvalue weighted by molar-refractivity contribution is 9.11. The zero-order valence-electron chi connectivity index (χ0n) is 22.3. The molecule has 1 N–H and O–H groups in total. The van der Waals surface area contributed by atoms with Gasteiger partial charge in [0.25, 0.3) is 0 Å². The first-order valence-electron chi connectivity index (χ1n) is 13.8. The fraction of sp³-hybridized carbons (Fsp3) is 0.516. The van der Waals surface area contributed by atoms with Crippen molar-refractivity contribution in [3.8, 4) is 5.75 Å². The number of fused-ring (bicyclic) bond motifs is 3. The highest BCUT2D eigenvalue weighted by atomic mass is 79.9.